The topological polar surface area (TPSA) is 120 Å². The molecule has 0 spiro atoms. The molecule has 1 N–H and O–H groups in total. The first-order valence-electron chi connectivity index (χ1n) is 9.21. The molecule has 0 aliphatic rings. The van der Waals surface area contributed by atoms with Gasteiger partial charge in [-0.15, -0.1) is 0 Å². The summed E-state index contributed by atoms with van der Waals surface area (Å²) in [6.45, 7) is 1.89. The summed E-state index contributed by atoms with van der Waals surface area (Å²) in [6.07, 6.45) is 4.74. The predicted molar refractivity (Wildman–Crippen MR) is 117 cm³/mol. The zero-order valence-electron chi connectivity index (χ0n) is 16.1. The number of nitrogens with one attached hydrogen (secondary N) is 1. The lowest BCUT2D eigenvalue weighted by molar-refractivity contribution is 0.490. The minimum Gasteiger partial charge on any atom is -0.408 e. The van der Waals surface area contributed by atoms with Gasteiger partial charge in [0, 0.05) is 35.4 Å². The molecule has 31 heavy (non-hydrogen) atoms. The van der Waals surface area contributed by atoms with Gasteiger partial charge in [-0.3, -0.25) is 14.3 Å². The van der Waals surface area contributed by atoms with E-state index in [0.29, 0.717) is 5.52 Å². The van der Waals surface area contributed by atoms with E-state index in [4.69, 9.17) is 4.42 Å². The van der Waals surface area contributed by atoms with Crippen molar-refractivity contribution in [2.45, 2.75) is 17.9 Å². The molecular formula is C20H15N5O4S2. The Labute approximate surface area is 180 Å². The summed E-state index contributed by atoms with van der Waals surface area (Å²) < 4.78 is 38.3. The number of oxazole rings is 1. The van der Waals surface area contributed by atoms with Gasteiger partial charge < -0.3 is 4.42 Å². The molecule has 1 atom stereocenters. The van der Waals surface area contributed by atoms with Crippen LogP contribution >= 0.6 is 11.5 Å². The molecule has 0 amide bonds. The summed E-state index contributed by atoms with van der Waals surface area (Å²) in [5, 5.41) is 2.09. The lowest BCUT2D eigenvalue weighted by atomic mass is 10.0. The van der Waals surface area contributed by atoms with Crippen LogP contribution < -0.4 is 10.5 Å². The van der Waals surface area contributed by atoms with Gasteiger partial charge in [0.2, 0.25) is 5.13 Å². The van der Waals surface area contributed by atoms with Crippen LogP contribution in [0.5, 0.6) is 0 Å². The summed E-state index contributed by atoms with van der Waals surface area (Å²) in [5.74, 6) is -0.574. The molecule has 0 saturated heterocycles. The van der Waals surface area contributed by atoms with E-state index in [1.807, 2.05) is 31.2 Å². The Morgan fingerprint density at radius 1 is 1.19 bits per heavy atom. The van der Waals surface area contributed by atoms with E-state index in [-0.39, 0.29) is 21.7 Å². The van der Waals surface area contributed by atoms with Crippen molar-refractivity contribution in [3.05, 3.63) is 77.3 Å². The number of sulfonamides is 1. The second kappa shape index (κ2) is 7.29. The van der Waals surface area contributed by atoms with Gasteiger partial charge in [0.15, 0.2) is 5.58 Å². The summed E-state index contributed by atoms with van der Waals surface area (Å²) in [6, 6.07) is 11.7. The quantitative estimate of drug-likeness (QED) is 0.433. The molecule has 0 bridgehead atoms. The molecule has 5 rings (SSSR count). The minimum absolute atomic E-state index is 0.0434. The van der Waals surface area contributed by atoms with Crippen LogP contribution in [0, 0.1) is 0 Å². The highest BCUT2D eigenvalue weighted by Crippen LogP contribution is 2.29. The van der Waals surface area contributed by atoms with E-state index in [0.717, 1.165) is 27.9 Å². The van der Waals surface area contributed by atoms with Gasteiger partial charge in [0.1, 0.15) is 6.33 Å². The standard InChI is InChI=1S/C20H15N5O4S2/c1-12(15-4-2-3-13-7-8-21-10-16(13)15)25-17-6-5-14(9-18(17)29-20(25)26)31(27,28)24-19-22-11-23-30-19/h2-12H,1H3,(H,22,23,24)/t12-/m1/s1. The third-order valence-corrected chi connectivity index (χ3v) is 7.08. The lowest BCUT2D eigenvalue weighted by Gasteiger charge is -2.15. The van der Waals surface area contributed by atoms with E-state index in [9.17, 15) is 13.2 Å². The molecule has 0 unspecified atom stereocenters. The first-order valence-corrected chi connectivity index (χ1v) is 11.5. The van der Waals surface area contributed by atoms with Gasteiger partial charge in [0.25, 0.3) is 10.0 Å². The van der Waals surface area contributed by atoms with Crippen LogP contribution in [-0.2, 0) is 10.0 Å². The average molecular weight is 454 g/mol. The summed E-state index contributed by atoms with van der Waals surface area (Å²) >= 11 is 0.923. The first-order chi connectivity index (χ1) is 14.9. The molecule has 2 aromatic carbocycles. The number of anilines is 1. The Balaban J connectivity index is 1.59. The molecule has 0 saturated carbocycles. The number of rotatable bonds is 5. The summed E-state index contributed by atoms with van der Waals surface area (Å²) in [5.41, 5.74) is 1.58. The zero-order valence-corrected chi connectivity index (χ0v) is 17.7. The molecule has 3 heterocycles. The van der Waals surface area contributed by atoms with Crippen molar-refractivity contribution < 1.29 is 12.8 Å². The Hall–Kier alpha value is -3.57. The summed E-state index contributed by atoms with van der Waals surface area (Å²) in [4.78, 5) is 20.7. The molecule has 0 aliphatic heterocycles. The van der Waals surface area contributed by atoms with Crippen LogP contribution in [0.25, 0.3) is 21.9 Å². The van der Waals surface area contributed by atoms with Crippen molar-refractivity contribution in [2.75, 3.05) is 4.72 Å². The third-order valence-electron chi connectivity index (χ3n) is 5.03. The van der Waals surface area contributed by atoms with Crippen molar-refractivity contribution in [1.82, 2.24) is 18.9 Å². The molecule has 0 fully saturated rings. The molecule has 0 radical (unpaired) electrons. The van der Waals surface area contributed by atoms with Crippen molar-refractivity contribution in [3.63, 3.8) is 0 Å². The lowest BCUT2D eigenvalue weighted by Crippen LogP contribution is -2.19. The van der Waals surface area contributed by atoms with Gasteiger partial charge in [-0.25, -0.2) is 18.2 Å². The highest BCUT2D eigenvalue weighted by atomic mass is 32.2. The molecule has 156 valence electrons. The number of hydrogen-bond acceptors (Lipinski definition) is 8. The van der Waals surface area contributed by atoms with E-state index in [2.05, 4.69) is 19.1 Å². The fourth-order valence-corrected chi connectivity index (χ4v) is 5.26. The van der Waals surface area contributed by atoms with E-state index >= 15 is 0 Å². The van der Waals surface area contributed by atoms with Crippen LogP contribution in [0.15, 0.2) is 75.3 Å². The van der Waals surface area contributed by atoms with Gasteiger partial charge >= 0.3 is 5.76 Å². The third kappa shape index (κ3) is 3.37. The maximum atomic E-state index is 12.7. The van der Waals surface area contributed by atoms with Crippen LogP contribution in [-0.4, -0.2) is 27.3 Å². The van der Waals surface area contributed by atoms with E-state index in [1.165, 1.54) is 23.0 Å². The molecule has 5 aromatic rings. The Kier molecular flexibility index (Phi) is 4.56. The number of hydrogen-bond donors (Lipinski definition) is 1. The molecule has 11 heteroatoms. The Morgan fingerprint density at radius 2 is 2.06 bits per heavy atom. The fourth-order valence-electron chi connectivity index (χ4n) is 3.58. The van der Waals surface area contributed by atoms with Crippen molar-refractivity contribution >= 4 is 48.6 Å². The van der Waals surface area contributed by atoms with Gasteiger partial charge in [-0.2, -0.15) is 4.37 Å². The number of nitrogens with zero attached hydrogens (tertiary/aromatic N) is 4. The first kappa shape index (κ1) is 19.4. The molecule has 0 aliphatic carbocycles. The Bertz CT molecular complexity index is 1570. The maximum Gasteiger partial charge on any atom is 0.420 e. The second-order valence-corrected chi connectivity index (χ2v) is 9.30. The van der Waals surface area contributed by atoms with E-state index < -0.39 is 15.8 Å². The summed E-state index contributed by atoms with van der Waals surface area (Å²) in [7, 11) is -3.90. The Morgan fingerprint density at radius 3 is 2.87 bits per heavy atom. The highest BCUT2D eigenvalue weighted by Gasteiger charge is 2.22. The van der Waals surface area contributed by atoms with Crippen LogP contribution in [0.3, 0.4) is 0 Å². The smallest absolute Gasteiger partial charge is 0.408 e. The van der Waals surface area contributed by atoms with Crippen molar-refractivity contribution in [3.8, 4) is 0 Å². The van der Waals surface area contributed by atoms with Crippen molar-refractivity contribution in [2.24, 2.45) is 0 Å². The van der Waals surface area contributed by atoms with E-state index in [1.54, 1.807) is 18.5 Å². The van der Waals surface area contributed by atoms with Gasteiger partial charge in [0.05, 0.1) is 16.5 Å². The molecule has 9 nitrogen and oxygen atoms in total. The van der Waals surface area contributed by atoms with Crippen LogP contribution in [0.2, 0.25) is 0 Å². The minimum atomic E-state index is -3.90. The van der Waals surface area contributed by atoms with Crippen molar-refractivity contribution in [1.29, 1.82) is 0 Å². The van der Waals surface area contributed by atoms with Gasteiger partial charge in [-0.1, -0.05) is 18.2 Å². The van der Waals surface area contributed by atoms with Gasteiger partial charge in [-0.05, 0) is 36.1 Å². The normalized spacial score (nSPS) is 12.9. The van der Waals surface area contributed by atoms with Crippen LogP contribution in [0.1, 0.15) is 18.5 Å². The SMILES string of the molecule is C[C@H](c1cccc2ccncc12)n1c(=O)oc2cc(S(=O)(=O)Nc3ncns3)ccc21. The maximum absolute atomic E-state index is 12.7. The zero-order chi connectivity index (χ0) is 21.6. The monoisotopic (exact) mass is 453 g/mol. The number of pyridine rings is 1. The molecule has 3 aromatic heterocycles. The second-order valence-electron chi connectivity index (χ2n) is 6.84. The predicted octanol–water partition coefficient (Wildman–Crippen LogP) is 3.40. The largest absolute Gasteiger partial charge is 0.420 e. The number of aromatic nitrogens is 4. The average Bonchev–Trinajstić information content (AvgIpc) is 3.38. The highest BCUT2D eigenvalue weighted by molar-refractivity contribution is 7.93. The molecular weight excluding hydrogens is 438 g/mol. The number of benzene rings is 2. The van der Waals surface area contributed by atoms with Crippen LogP contribution in [0.4, 0.5) is 5.13 Å². The number of fused-ring (bicyclic) bond motifs is 2. The fraction of sp³-hybridized carbons (Fsp3) is 0.100.